The van der Waals surface area contributed by atoms with Crippen molar-refractivity contribution in [3.8, 4) is 0 Å². The highest BCUT2D eigenvalue weighted by Gasteiger charge is 2.09. The first-order valence-corrected chi connectivity index (χ1v) is 7.45. The van der Waals surface area contributed by atoms with Crippen molar-refractivity contribution in [1.82, 2.24) is 20.5 Å². The molecule has 1 aliphatic rings. The van der Waals surface area contributed by atoms with Crippen LogP contribution in [0.25, 0.3) is 0 Å². The maximum absolute atomic E-state index is 4.29. The summed E-state index contributed by atoms with van der Waals surface area (Å²) in [5.74, 6) is 0.840. The predicted molar refractivity (Wildman–Crippen MR) is 98.1 cm³/mol. The lowest BCUT2D eigenvalue weighted by molar-refractivity contribution is 0.232. The van der Waals surface area contributed by atoms with Crippen molar-refractivity contribution in [3.63, 3.8) is 0 Å². The molecule has 0 bridgehead atoms. The molecule has 2 N–H and O–H groups in total. The molecule has 5 nitrogen and oxygen atoms in total. The third-order valence-corrected chi connectivity index (χ3v) is 3.56. The zero-order valence-electron chi connectivity index (χ0n) is 12.7. The van der Waals surface area contributed by atoms with Crippen LogP contribution in [0.3, 0.4) is 0 Å². The Morgan fingerprint density at radius 2 is 2.05 bits per heavy atom. The fourth-order valence-corrected chi connectivity index (χ4v) is 2.41. The molecule has 2 heterocycles. The second-order valence-corrected chi connectivity index (χ2v) is 5.08. The summed E-state index contributed by atoms with van der Waals surface area (Å²) in [5.41, 5.74) is 1.02. The molecule has 2 rings (SSSR count). The molecular weight excluding hydrogens is 377 g/mol. The Labute approximate surface area is 144 Å². The van der Waals surface area contributed by atoms with Crippen molar-refractivity contribution in [3.05, 3.63) is 30.1 Å². The molecule has 0 unspecified atom stereocenters. The zero-order chi connectivity index (χ0) is 14.0. The minimum absolute atomic E-state index is 0. The average Bonchev–Trinajstić information content (AvgIpc) is 2.52. The van der Waals surface area contributed by atoms with Crippen LogP contribution in [0.1, 0.15) is 25.0 Å². The quantitative estimate of drug-likeness (QED) is 0.448. The van der Waals surface area contributed by atoms with Gasteiger partial charge in [-0.25, -0.2) is 0 Å². The Morgan fingerprint density at radius 3 is 2.71 bits per heavy atom. The Hall–Kier alpha value is -0.890. The molecule has 1 saturated heterocycles. The molecule has 21 heavy (non-hydrogen) atoms. The van der Waals surface area contributed by atoms with Gasteiger partial charge in [-0.05, 0) is 38.1 Å². The zero-order valence-corrected chi connectivity index (χ0v) is 15.0. The maximum atomic E-state index is 4.29. The van der Waals surface area contributed by atoms with E-state index in [1.807, 2.05) is 24.4 Å². The van der Waals surface area contributed by atoms with Gasteiger partial charge in [-0.15, -0.1) is 24.0 Å². The van der Waals surface area contributed by atoms with Crippen molar-refractivity contribution >= 4 is 29.9 Å². The first-order valence-electron chi connectivity index (χ1n) is 7.45. The number of nitrogens with one attached hydrogen (secondary N) is 2. The van der Waals surface area contributed by atoms with Crippen LogP contribution in [0.2, 0.25) is 0 Å². The van der Waals surface area contributed by atoms with Crippen molar-refractivity contribution in [2.45, 2.75) is 25.8 Å². The molecule has 1 aromatic heterocycles. The van der Waals surface area contributed by atoms with Gasteiger partial charge in [0.1, 0.15) is 0 Å². The van der Waals surface area contributed by atoms with Crippen LogP contribution in [0.15, 0.2) is 29.4 Å². The first kappa shape index (κ1) is 18.2. The van der Waals surface area contributed by atoms with Crippen LogP contribution in [0.5, 0.6) is 0 Å². The molecule has 0 saturated carbocycles. The summed E-state index contributed by atoms with van der Waals surface area (Å²) in [6.07, 6.45) is 5.88. The summed E-state index contributed by atoms with van der Waals surface area (Å²) in [4.78, 5) is 11.0. The van der Waals surface area contributed by atoms with Crippen LogP contribution in [-0.2, 0) is 6.54 Å². The van der Waals surface area contributed by atoms with E-state index in [-0.39, 0.29) is 24.0 Å². The van der Waals surface area contributed by atoms with Gasteiger partial charge in [0, 0.05) is 26.3 Å². The summed E-state index contributed by atoms with van der Waals surface area (Å²) in [6.45, 7) is 5.19. The Bertz CT molecular complexity index is 404. The summed E-state index contributed by atoms with van der Waals surface area (Å²) in [5, 5.41) is 6.64. The Balaban J connectivity index is 0.00000220. The van der Waals surface area contributed by atoms with E-state index in [9.17, 15) is 0 Å². The van der Waals surface area contributed by atoms with E-state index in [0.717, 1.165) is 24.7 Å². The second-order valence-electron chi connectivity index (χ2n) is 5.08. The lowest BCUT2D eigenvalue weighted by Crippen LogP contribution is -2.42. The van der Waals surface area contributed by atoms with Crippen LogP contribution in [-0.4, -0.2) is 49.1 Å². The van der Waals surface area contributed by atoms with E-state index in [1.165, 1.54) is 32.4 Å². The lowest BCUT2D eigenvalue weighted by Gasteiger charge is -2.26. The van der Waals surface area contributed by atoms with E-state index in [4.69, 9.17) is 0 Å². The number of halogens is 1. The fourth-order valence-electron chi connectivity index (χ4n) is 2.41. The molecule has 118 valence electrons. The predicted octanol–water partition coefficient (Wildman–Crippen LogP) is 1.85. The van der Waals surface area contributed by atoms with Crippen molar-refractivity contribution < 1.29 is 0 Å². The highest BCUT2D eigenvalue weighted by atomic mass is 127. The SMILES string of the molecule is CN=C(NCCN1CCCCC1)NCc1ccccn1.I. The van der Waals surface area contributed by atoms with Crippen LogP contribution < -0.4 is 10.6 Å². The van der Waals surface area contributed by atoms with Gasteiger partial charge in [0.15, 0.2) is 5.96 Å². The molecule has 6 heteroatoms. The van der Waals surface area contributed by atoms with Gasteiger partial charge in [0.2, 0.25) is 0 Å². The number of hydrogen-bond donors (Lipinski definition) is 2. The number of aromatic nitrogens is 1. The van der Waals surface area contributed by atoms with E-state index >= 15 is 0 Å². The molecule has 1 aromatic rings. The number of nitrogens with zero attached hydrogens (tertiary/aromatic N) is 3. The van der Waals surface area contributed by atoms with Crippen LogP contribution in [0.4, 0.5) is 0 Å². The fraction of sp³-hybridized carbons (Fsp3) is 0.600. The maximum Gasteiger partial charge on any atom is 0.191 e. The van der Waals surface area contributed by atoms with Crippen LogP contribution in [0, 0.1) is 0 Å². The van der Waals surface area contributed by atoms with Gasteiger partial charge in [-0.2, -0.15) is 0 Å². The number of pyridine rings is 1. The highest BCUT2D eigenvalue weighted by Crippen LogP contribution is 2.07. The smallest absolute Gasteiger partial charge is 0.191 e. The number of piperidine rings is 1. The topological polar surface area (TPSA) is 52.6 Å². The summed E-state index contributed by atoms with van der Waals surface area (Å²) in [6, 6.07) is 5.93. The van der Waals surface area contributed by atoms with Gasteiger partial charge in [0.25, 0.3) is 0 Å². The van der Waals surface area contributed by atoms with Gasteiger partial charge in [-0.3, -0.25) is 9.98 Å². The summed E-state index contributed by atoms with van der Waals surface area (Å²) in [7, 11) is 1.80. The number of hydrogen-bond acceptors (Lipinski definition) is 3. The average molecular weight is 403 g/mol. The van der Waals surface area contributed by atoms with E-state index in [2.05, 4.69) is 25.5 Å². The molecule has 1 fully saturated rings. The molecule has 0 aliphatic carbocycles. The van der Waals surface area contributed by atoms with Gasteiger partial charge >= 0.3 is 0 Å². The minimum Gasteiger partial charge on any atom is -0.355 e. The van der Waals surface area contributed by atoms with Gasteiger partial charge in [0.05, 0.1) is 12.2 Å². The van der Waals surface area contributed by atoms with E-state index < -0.39 is 0 Å². The second kappa shape index (κ2) is 10.8. The van der Waals surface area contributed by atoms with Crippen molar-refractivity contribution in [1.29, 1.82) is 0 Å². The summed E-state index contributed by atoms with van der Waals surface area (Å²) >= 11 is 0. The first-order chi connectivity index (χ1) is 9.88. The molecule has 0 aromatic carbocycles. The third-order valence-electron chi connectivity index (χ3n) is 3.56. The molecule has 0 atom stereocenters. The van der Waals surface area contributed by atoms with Crippen LogP contribution >= 0.6 is 24.0 Å². The van der Waals surface area contributed by atoms with Gasteiger partial charge < -0.3 is 15.5 Å². The minimum atomic E-state index is 0. The summed E-state index contributed by atoms with van der Waals surface area (Å²) < 4.78 is 0. The van der Waals surface area contributed by atoms with Crippen molar-refractivity contribution in [2.24, 2.45) is 4.99 Å². The molecule has 0 spiro atoms. The number of guanidine groups is 1. The molecule has 1 aliphatic heterocycles. The molecular formula is C15H26IN5. The standard InChI is InChI=1S/C15H25N5.HI/c1-16-15(19-13-14-7-3-4-8-17-14)18-9-12-20-10-5-2-6-11-20;/h3-4,7-8H,2,5-6,9-13H2,1H3,(H2,16,18,19);1H. The Morgan fingerprint density at radius 1 is 1.24 bits per heavy atom. The van der Waals surface area contributed by atoms with Gasteiger partial charge in [-0.1, -0.05) is 12.5 Å². The Kier molecular flexibility index (Phi) is 9.32. The molecule has 0 amide bonds. The number of likely N-dealkylation sites (tertiary alicyclic amines) is 1. The van der Waals surface area contributed by atoms with E-state index in [1.54, 1.807) is 7.05 Å². The third kappa shape index (κ3) is 7.08. The highest BCUT2D eigenvalue weighted by molar-refractivity contribution is 14.0. The lowest BCUT2D eigenvalue weighted by atomic mass is 10.1. The molecule has 0 radical (unpaired) electrons. The van der Waals surface area contributed by atoms with Crippen molar-refractivity contribution in [2.75, 3.05) is 33.2 Å². The number of aliphatic imine (C=N–C) groups is 1. The monoisotopic (exact) mass is 403 g/mol. The van der Waals surface area contributed by atoms with E-state index in [0.29, 0.717) is 6.54 Å². The number of rotatable bonds is 5. The normalized spacial score (nSPS) is 16.1. The largest absolute Gasteiger partial charge is 0.355 e.